The van der Waals surface area contributed by atoms with Gasteiger partial charge in [-0.05, 0) is 37.1 Å². The van der Waals surface area contributed by atoms with Crippen LogP contribution in [0.25, 0.3) is 0 Å². The van der Waals surface area contributed by atoms with Gasteiger partial charge in [0, 0.05) is 38.3 Å². The molecule has 5 nitrogen and oxygen atoms in total. The Morgan fingerprint density at radius 2 is 1.81 bits per heavy atom. The number of nitrogens with zero attached hydrogens (tertiary/aromatic N) is 1. The largest absolute Gasteiger partial charge is 0.396 e. The van der Waals surface area contributed by atoms with Gasteiger partial charge in [0.25, 0.3) is 0 Å². The van der Waals surface area contributed by atoms with Gasteiger partial charge in [0.2, 0.25) is 10.0 Å². The average molecular weight is 312 g/mol. The van der Waals surface area contributed by atoms with Gasteiger partial charge < -0.3 is 10.4 Å². The van der Waals surface area contributed by atoms with E-state index >= 15 is 0 Å². The number of benzene rings is 1. The Hall–Kier alpha value is -1.11. The molecule has 21 heavy (non-hydrogen) atoms. The minimum absolute atomic E-state index is 0.199. The second-order valence-corrected chi connectivity index (χ2v) is 7.94. The topological polar surface area (TPSA) is 69.6 Å². The number of sulfonamides is 1. The van der Waals surface area contributed by atoms with Crippen molar-refractivity contribution in [2.75, 3.05) is 26.0 Å². The lowest BCUT2D eigenvalue weighted by Gasteiger charge is -2.31. The normalized spacial score (nSPS) is 23.2. The molecule has 0 heterocycles. The van der Waals surface area contributed by atoms with Crippen molar-refractivity contribution >= 4 is 15.7 Å². The first-order chi connectivity index (χ1) is 9.95. The zero-order valence-electron chi connectivity index (χ0n) is 12.6. The van der Waals surface area contributed by atoms with E-state index in [9.17, 15) is 13.5 Å². The Labute approximate surface area is 127 Å². The zero-order valence-corrected chi connectivity index (χ0v) is 13.4. The Bertz CT molecular complexity index is 555. The van der Waals surface area contributed by atoms with Crippen molar-refractivity contribution in [2.24, 2.45) is 5.92 Å². The van der Waals surface area contributed by atoms with Crippen molar-refractivity contribution in [3.8, 4) is 0 Å². The third kappa shape index (κ3) is 3.75. The Morgan fingerprint density at radius 3 is 2.38 bits per heavy atom. The summed E-state index contributed by atoms with van der Waals surface area (Å²) in [6, 6.07) is 7.09. The molecule has 1 aromatic rings. The molecular formula is C15H24N2O3S. The van der Waals surface area contributed by atoms with Gasteiger partial charge in [0.1, 0.15) is 0 Å². The van der Waals surface area contributed by atoms with Crippen LogP contribution in [0.4, 0.5) is 5.69 Å². The molecule has 2 atom stereocenters. The summed E-state index contributed by atoms with van der Waals surface area (Å²) in [6.45, 7) is 0.199. The molecule has 0 aromatic heterocycles. The maximum absolute atomic E-state index is 12.0. The van der Waals surface area contributed by atoms with Crippen LogP contribution in [0.3, 0.4) is 0 Å². The molecule has 2 rings (SSSR count). The molecule has 0 radical (unpaired) electrons. The molecule has 0 spiro atoms. The molecule has 1 fully saturated rings. The maximum Gasteiger partial charge on any atom is 0.242 e. The molecule has 6 heteroatoms. The first-order valence-corrected chi connectivity index (χ1v) is 8.79. The number of hydrogen-bond donors (Lipinski definition) is 2. The van der Waals surface area contributed by atoms with E-state index in [2.05, 4.69) is 5.32 Å². The predicted molar refractivity (Wildman–Crippen MR) is 83.8 cm³/mol. The minimum Gasteiger partial charge on any atom is -0.396 e. The van der Waals surface area contributed by atoms with E-state index in [4.69, 9.17) is 0 Å². The smallest absolute Gasteiger partial charge is 0.242 e. The molecule has 0 amide bonds. The number of nitrogens with one attached hydrogen (secondary N) is 1. The van der Waals surface area contributed by atoms with E-state index in [1.165, 1.54) is 31.2 Å². The highest BCUT2D eigenvalue weighted by Gasteiger charge is 2.24. The third-order valence-corrected chi connectivity index (χ3v) is 5.96. The summed E-state index contributed by atoms with van der Waals surface area (Å²) in [5.74, 6) is 0.281. The lowest BCUT2D eigenvalue weighted by Crippen LogP contribution is -2.34. The summed E-state index contributed by atoms with van der Waals surface area (Å²) < 4.78 is 25.2. The van der Waals surface area contributed by atoms with Gasteiger partial charge in [0.15, 0.2) is 0 Å². The monoisotopic (exact) mass is 312 g/mol. The summed E-state index contributed by atoms with van der Waals surface area (Å²) in [6.07, 6.45) is 4.43. The molecule has 118 valence electrons. The summed E-state index contributed by atoms with van der Waals surface area (Å²) in [4.78, 5) is 0.292. The van der Waals surface area contributed by atoms with Gasteiger partial charge in [0.05, 0.1) is 4.90 Å². The van der Waals surface area contributed by atoms with Crippen LogP contribution >= 0.6 is 0 Å². The van der Waals surface area contributed by atoms with Crippen molar-refractivity contribution in [3.63, 3.8) is 0 Å². The van der Waals surface area contributed by atoms with E-state index in [0.29, 0.717) is 4.90 Å². The highest BCUT2D eigenvalue weighted by Crippen LogP contribution is 2.27. The van der Waals surface area contributed by atoms with Crippen LogP contribution < -0.4 is 5.32 Å². The summed E-state index contributed by atoms with van der Waals surface area (Å²) in [5.41, 5.74) is 0.901. The van der Waals surface area contributed by atoms with E-state index in [0.717, 1.165) is 18.5 Å². The van der Waals surface area contributed by atoms with Crippen LogP contribution in [-0.2, 0) is 10.0 Å². The fraction of sp³-hybridized carbons (Fsp3) is 0.600. The zero-order chi connectivity index (χ0) is 15.5. The standard InChI is InChI=1S/C15H24N2O3S/c1-17(2)21(19,20)14-9-7-13(8-10-14)16-15-6-4-3-5-12(15)11-18/h7-10,12,15-16,18H,3-6,11H2,1-2H3. The van der Waals surface area contributed by atoms with E-state index in [1.807, 2.05) is 0 Å². The lowest BCUT2D eigenvalue weighted by atomic mass is 9.85. The number of aliphatic hydroxyl groups excluding tert-OH is 1. The van der Waals surface area contributed by atoms with Crippen LogP contribution in [0.5, 0.6) is 0 Å². The molecule has 2 N–H and O–H groups in total. The highest BCUT2D eigenvalue weighted by atomic mass is 32.2. The number of anilines is 1. The molecule has 0 aliphatic heterocycles. The predicted octanol–water partition coefficient (Wildman–Crippen LogP) is 1.90. The van der Waals surface area contributed by atoms with Crippen LogP contribution in [0.15, 0.2) is 29.2 Å². The lowest BCUT2D eigenvalue weighted by molar-refractivity contribution is 0.178. The summed E-state index contributed by atoms with van der Waals surface area (Å²) in [5, 5.41) is 12.8. The van der Waals surface area contributed by atoms with Crippen molar-refractivity contribution in [3.05, 3.63) is 24.3 Å². The average Bonchev–Trinajstić information content (AvgIpc) is 2.48. The molecular weight excluding hydrogens is 288 g/mol. The molecule has 1 aromatic carbocycles. The van der Waals surface area contributed by atoms with Crippen molar-refractivity contribution < 1.29 is 13.5 Å². The van der Waals surface area contributed by atoms with Gasteiger partial charge in [-0.15, -0.1) is 0 Å². The fourth-order valence-corrected chi connectivity index (χ4v) is 3.67. The molecule has 0 bridgehead atoms. The number of aliphatic hydroxyl groups is 1. The second-order valence-electron chi connectivity index (χ2n) is 5.79. The van der Waals surface area contributed by atoms with Crippen LogP contribution in [0, 0.1) is 5.92 Å². The van der Waals surface area contributed by atoms with Crippen molar-refractivity contribution in [1.29, 1.82) is 0 Å². The quantitative estimate of drug-likeness (QED) is 0.871. The maximum atomic E-state index is 12.0. The van der Waals surface area contributed by atoms with Gasteiger partial charge in [-0.1, -0.05) is 12.8 Å². The Balaban J connectivity index is 2.09. The molecule has 1 saturated carbocycles. The van der Waals surface area contributed by atoms with Crippen molar-refractivity contribution in [1.82, 2.24) is 4.31 Å². The Kier molecular flexibility index (Phi) is 5.24. The van der Waals surface area contributed by atoms with Gasteiger partial charge in [-0.3, -0.25) is 0 Å². The summed E-state index contributed by atoms with van der Waals surface area (Å²) >= 11 is 0. The molecule has 1 aliphatic carbocycles. The summed E-state index contributed by atoms with van der Waals surface area (Å²) in [7, 11) is -0.330. The third-order valence-electron chi connectivity index (χ3n) is 4.13. The van der Waals surface area contributed by atoms with E-state index in [-0.39, 0.29) is 18.6 Å². The first kappa shape index (κ1) is 16.3. The number of hydrogen-bond acceptors (Lipinski definition) is 4. The van der Waals surface area contributed by atoms with Gasteiger partial charge in [-0.2, -0.15) is 0 Å². The SMILES string of the molecule is CN(C)S(=O)(=O)c1ccc(NC2CCCCC2CO)cc1. The van der Waals surface area contributed by atoms with Crippen molar-refractivity contribution in [2.45, 2.75) is 36.6 Å². The fourth-order valence-electron chi connectivity index (χ4n) is 2.76. The van der Waals surface area contributed by atoms with Crippen LogP contribution in [0.2, 0.25) is 0 Å². The van der Waals surface area contributed by atoms with E-state index in [1.54, 1.807) is 24.3 Å². The number of rotatable bonds is 5. The minimum atomic E-state index is -3.38. The van der Waals surface area contributed by atoms with Gasteiger partial charge >= 0.3 is 0 Å². The first-order valence-electron chi connectivity index (χ1n) is 7.35. The van der Waals surface area contributed by atoms with Crippen LogP contribution in [-0.4, -0.2) is 44.6 Å². The molecule has 0 saturated heterocycles. The molecule has 1 aliphatic rings. The van der Waals surface area contributed by atoms with E-state index < -0.39 is 10.0 Å². The second kappa shape index (κ2) is 6.77. The van der Waals surface area contributed by atoms with Gasteiger partial charge in [-0.25, -0.2) is 12.7 Å². The Morgan fingerprint density at radius 1 is 1.19 bits per heavy atom. The highest BCUT2D eigenvalue weighted by molar-refractivity contribution is 7.89. The van der Waals surface area contributed by atoms with Crippen LogP contribution in [0.1, 0.15) is 25.7 Å². The molecule has 2 unspecified atom stereocenters.